The Morgan fingerprint density at radius 3 is 2.78 bits per heavy atom. The molecule has 0 saturated heterocycles. The number of hydroxylamine groups is 1. The van der Waals surface area contributed by atoms with Crippen LogP contribution in [0.5, 0.6) is 0 Å². The standard InChI is InChI=1S/C7H13NO/c1-4-5-9-8-6-7(2)3/h4,6,8H,1,5H2,2-3H3. The molecule has 0 aliphatic rings. The van der Waals surface area contributed by atoms with Crippen LogP contribution in [-0.2, 0) is 4.84 Å². The number of allylic oxidation sites excluding steroid dienone is 1. The van der Waals surface area contributed by atoms with Gasteiger partial charge in [0, 0.05) is 6.20 Å². The molecule has 0 amide bonds. The molecule has 0 fully saturated rings. The molecule has 0 atom stereocenters. The largest absolute Gasteiger partial charge is 0.274 e. The topological polar surface area (TPSA) is 21.3 Å². The smallest absolute Gasteiger partial charge is 0.0924 e. The summed E-state index contributed by atoms with van der Waals surface area (Å²) in [6, 6.07) is 0. The summed E-state index contributed by atoms with van der Waals surface area (Å²) in [5.41, 5.74) is 3.83. The predicted molar refractivity (Wildman–Crippen MR) is 38.7 cm³/mol. The first-order valence-electron chi connectivity index (χ1n) is 2.89. The fraction of sp³-hybridized carbons (Fsp3) is 0.429. The Kier molecular flexibility index (Phi) is 4.92. The summed E-state index contributed by atoms with van der Waals surface area (Å²) in [7, 11) is 0. The van der Waals surface area contributed by atoms with Crippen molar-refractivity contribution in [2.75, 3.05) is 6.61 Å². The van der Waals surface area contributed by atoms with E-state index >= 15 is 0 Å². The van der Waals surface area contributed by atoms with E-state index < -0.39 is 0 Å². The van der Waals surface area contributed by atoms with Crippen LogP contribution in [0.15, 0.2) is 24.4 Å². The van der Waals surface area contributed by atoms with Gasteiger partial charge < -0.3 is 0 Å². The highest BCUT2D eigenvalue weighted by atomic mass is 16.6. The second-order valence-corrected chi connectivity index (χ2v) is 1.94. The molecule has 0 aliphatic heterocycles. The summed E-state index contributed by atoms with van der Waals surface area (Å²) in [4.78, 5) is 4.85. The van der Waals surface area contributed by atoms with Crippen molar-refractivity contribution < 1.29 is 4.84 Å². The molecule has 0 bridgehead atoms. The molecule has 0 saturated carbocycles. The van der Waals surface area contributed by atoms with Gasteiger partial charge in [-0.15, -0.1) is 6.58 Å². The molecule has 0 rings (SSSR count). The molecule has 2 heteroatoms. The zero-order chi connectivity index (χ0) is 7.11. The quantitative estimate of drug-likeness (QED) is 0.352. The maximum absolute atomic E-state index is 4.85. The second-order valence-electron chi connectivity index (χ2n) is 1.94. The molecule has 0 spiro atoms. The van der Waals surface area contributed by atoms with Gasteiger partial charge in [0.15, 0.2) is 0 Å². The van der Waals surface area contributed by atoms with Crippen LogP contribution in [0.25, 0.3) is 0 Å². The van der Waals surface area contributed by atoms with Gasteiger partial charge in [0.2, 0.25) is 0 Å². The lowest BCUT2D eigenvalue weighted by Crippen LogP contribution is -2.06. The van der Waals surface area contributed by atoms with Crippen LogP contribution in [0.4, 0.5) is 0 Å². The lowest BCUT2D eigenvalue weighted by atomic mass is 10.4. The highest BCUT2D eigenvalue weighted by Gasteiger charge is 1.75. The Hall–Kier alpha value is -0.760. The van der Waals surface area contributed by atoms with Crippen molar-refractivity contribution in [3.63, 3.8) is 0 Å². The summed E-state index contributed by atoms with van der Waals surface area (Å²) >= 11 is 0. The fourth-order valence-electron chi connectivity index (χ4n) is 0.267. The van der Waals surface area contributed by atoms with Gasteiger partial charge in [-0.3, -0.25) is 10.3 Å². The zero-order valence-electron chi connectivity index (χ0n) is 5.98. The van der Waals surface area contributed by atoms with Crippen molar-refractivity contribution in [1.29, 1.82) is 0 Å². The molecule has 0 aliphatic carbocycles. The first-order chi connectivity index (χ1) is 4.27. The van der Waals surface area contributed by atoms with Crippen LogP contribution in [0.2, 0.25) is 0 Å². The maximum Gasteiger partial charge on any atom is 0.0924 e. The van der Waals surface area contributed by atoms with Gasteiger partial charge in [-0.25, -0.2) is 0 Å². The van der Waals surface area contributed by atoms with E-state index in [1.165, 1.54) is 5.57 Å². The van der Waals surface area contributed by atoms with Crippen molar-refractivity contribution in [2.24, 2.45) is 0 Å². The van der Waals surface area contributed by atoms with Crippen LogP contribution >= 0.6 is 0 Å². The highest BCUT2D eigenvalue weighted by Crippen LogP contribution is 1.83. The molecule has 9 heavy (non-hydrogen) atoms. The van der Waals surface area contributed by atoms with Crippen LogP contribution in [0.1, 0.15) is 13.8 Å². The molecule has 0 unspecified atom stereocenters. The lowest BCUT2D eigenvalue weighted by molar-refractivity contribution is 0.0951. The van der Waals surface area contributed by atoms with E-state index in [9.17, 15) is 0 Å². The molecular formula is C7H13NO. The van der Waals surface area contributed by atoms with Crippen molar-refractivity contribution >= 4 is 0 Å². The normalized spacial score (nSPS) is 8.22. The van der Waals surface area contributed by atoms with E-state index in [2.05, 4.69) is 12.1 Å². The highest BCUT2D eigenvalue weighted by molar-refractivity contribution is 4.88. The second kappa shape index (κ2) is 5.38. The van der Waals surface area contributed by atoms with Crippen molar-refractivity contribution in [3.05, 3.63) is 24.4 Å². The van der Waals surface area contributed by atoms with E-state index in [4.69, 9.17) is 4.84 Å². The van der Waals surface area contributed by atoms with E-state index in [1.807, 2.05) is 13.8 Å². The Morgan fingerprint density at radius 1 is 1.67 bits per heavy atom. The molecule has 0 aromatic carbocycles. The van der Waals surface area contributed by atoms with E-state index in [-0.39, 0.29) is 0 Å². The molecule has 0 aromatic heterocycles. The number of hydrogen-bond acceptors (Lipinski definition) is 2. The fourth-order valence-corrected chi connectivity index (χ4v) is 0.267. The number of rotatable bonds is 4. The van der Waals surface area contributed by atoms with Gasteiger partial charge in [-0.2, -0.15) is 0 Å². The summed E-state index contributed by atoms with van der Waals surface area (Å²) in [5, 5.41) is 0. The zero-order valence-corrected chi connectivity index (χ0v) is 5.98. The average molecular weight is 127 g/mol. The van der Waals surface area contributed by atoms with Crippen molar-refractivity contribution in [1.82, 2.24) is 5.48 Å². The third kappa shape index (κ3) is 7.24. The minimum atomic E-state index is 0.532. The SMILES string of the molecule is C=CCONC=C(C)C. The van der Waals surface area contributed by atoms with Gasteiger partial charge in [0.1, 0.15) is 0 Å². The van der Waals surface area contributed by atoms with Gasteiger partial charge in [0.05, 0.1) is 6.61 Å². The molecule has 52 valence electrons. The molecular weight excluding hydrogens is 114 g/mol. The Labute approximate surface area is 56.2 Å². The van der Waals surface area contributed by atoms with Crippen molar-refractivity contribution in [2.45, 2.75) is 13.8 Å². The molecule has 2 nitrogen and oxygen atoms in total. The summed E-state index contributed by atoms with van der Waals surface area (Å²) < 4.78 is 0. The Balaban J connectivity index is 3.09. The van der Waals surface area contributed by atoms with Crippen LogP contribution in [0, 0.1) is 0 Å². The minimum Gasteiger partial charge on any atom is -0.274 e. The number of hydrogen-bond donors (Lipinski definition) is 1. The number of nitrogens with one attached hydrogen (secondary N) is 1. The molecule has 0 radical (unpaired) electrons. The average Bonchev–Trinajstić information content (AvgIpc) is 1.80. The van der Waals surface area contributed by atoms with Crippen LogP contribution < -0.4 is 5.48 Å². The summed E-state index contributed by atoms with van der Waals surface area (Å²) in [6.45, 7) is 8.00. The van der Waals surface area contributed by atoms with E-state index in [0.29, 0.717) is 6.61 Å². The summed E-state index contributed by atoms with van der Waals surface area (Å²) in [5.74, 6) is 0. The maximum atomic E-state index is 4.85. The monoisotopic (exact) mass is 127 g/mol. The van der Waals surface area contributed by atoms with Gasteiger partial charge in [-0.1, -0.05) is 11.6 Å². The van der Waals surface area contributed by atoms with Crippen LogP contribution in [-0.4, -0.2) is 6.61 Å². The Morgan fingerprint density at radius 2 is 2.33 bits per heavy atom. The minimum absolute atomic E-state index is 0.532. The third-order valence-corrected chi connectivity index (χ3v) is 0.632. The predicted octanol–water partition coefficient (Wildman–Crippen LogP) is 1.62. The molecule has 1 N–H and O–H groups in total. The summed E-state index contributed by atoms with van der Waals surface area (Å²) in [6.07, 6.45) is 3.48. The van der Waals surface area contributed by atoms with E-state index in [0.717, 1.165) is 0 Å². The first-order valence-corrected chi connectivity index (χ1v) is 2.89. The van der Waals surface area contributed by atoms with Crippen LogP contribution in [0.3, 0.4) is 0 Å². The Bertz CT molecular complexity index is 103. The van der Waals surface area contributed by atoms with Gasteiger partial charge in [-0.05, 0) is 13.8 Å². The van der Waals surface area contributed by atoms with Gasteiger partial charge >= 0.3 is 0 Å². The third-order valence-electron chi connectivity index (χ3n) is 0.632. The first kappa shape index (κ1) is 8.24. The lowest BCUT2D eigenvalue weighted by Gasteiger charge is -1.97. The molecule has 0 heterocycles. The van der Waals surface area contributed by atoms with Crippen molar-refractivity contribution in [3.8, 4) is 0 Å². The molecule has 0 aromatic rings. The van der Waals surface area contributed by atoms with Gasteiger partial charge in [0.25, 0.3) is 0 Å². The van der Waals surface area contributed by atoms with E-state index in [1.54, 1.807) is 12.3 Å².